The van der Waals surface area contributed by atoms with E-state index in [0.29, 0.717) is 17.2 Å². The molecular formula is C43H38O12. The van der Waals surface area contributed by atoms with E-state index in [1.807, 2.05) is 36.4 Å². The van der Waals surface area contributed by atoms with E-state index >= 15 is 0 Å². The lowest BCUT2D eigenvalue weighted by Crippen LogP contribution is -2.07. The van der Waals surface area contributed by atoms with Crippen LogP contribution in [0.15, 0.2) is 154 Å². The number of carbonyl (C=O) groups excluding carboxylic acids is 5. The van der Waals surface area contributed by atoms with Gasteiger partial charge < -0.3 is 33.2 Å². The Balaban J connectivity index is 0.000000300. The van der Waals surface area contributed by atoms with Crippen molar-refractivity contribution in [3.8, 4) is 28.4 Å². The summed E-state index contributed by atoms with van der Waals surface area (Å²) in [5.74, 6) is -1.23. The predicted octanol–water partition coefficient (Wildman–Crippen LogP) is 7.25. The van der Waals surface area contributed by atoms with Gasteiger partial charge in [-0.15, -0.1) is 0 Å². The van der Waals surface area contributed by atoms with Gasteiger partial charge in [0, 0.05) is 30.4 Å². The molecular weight excluding hydrogens is 708 g/mol. The van der Waals surface area contributed by atoms with E-state index < -0.39 is 29.8 Å². The second-order valence-electron chi connectivity index (χ2n) is 10.7. The van der Waals surface area contributed by atoms with Crippen molar-refractivity contribution < 1.29 is 57.1 Å². The summed E-state index contributed by atoms with van der Waals surface area (Å²) in [4.78, 5) is 55.9. The topological polar surface area (TPSA) is 150 Å². The van der Waals surface area contributed by atoms with E-state index in [1.165, 1.54) is 6.08 Å². The highest BCUT2D eigenvalue weighted by atomic mass is 16.7. The van der Waals surface area contributed by atoms with Gasteiger partial charge in [0.05, 0.1) is 0 Å². The molecule has 0 spiro atoms. The van der Waals surface area contributed by atoms with Crippen molar-refractivity contribution in [2.45, 2.75) is 13.2 Å². The fourth-order valence-corrected chi connectivity index (χ4v) is 4.04. The molecule has 12 heteroatoms. The fourth-order valence-electron chi connectivity index (χ4n) is 4.04. The van der Waals surface area contributed by atoms with Crippen molar-refractivity contribution in [1.29, 1.82) is 0 Å². The van der Waals surface area contributed by atoms with E-state index in [2.05, 4.69) is 26.3 Å². The second-order valence-corrected chi connectivity index (χ2v) is 10.7. The number of rotatable bonds is 18. The van der Waals surface area contributed by atoms with Crippen LogP contribution in [-0.2, 0) is 56.1 Å². The van der Waals surface area contributed by atoms with Crippen LogP contribution in [0.3, 0.4) is 0 Å². The molecule has 0 bridgehead atoms. The molecule has 0 unspecified atom stereocenters. The van der Waals surface area contributed by atoms with Gasteiger partial charge in [0.2, 0.25) is 13.6 Å². The summed E-state index contributed by atoms with van der Waals surface area (Å²) in [6.07, 6.45) is 7.25. The van der Waals surface area contributed by atoms with Crippen LogP contribution in [0.4, 0.5) is 0 Å². The number of hydrogen-bond donors (Lipinski definition) is 0. The zero-order chi connectivity index (χ0) is 39.8. The highest BCUT2D eigenvalue weighted by molar-refractivity contribution is 5.88. The average Bonchev–Trinajstić information content (AvgIpc) is 3.22. The Labute approximate surface area is 318 Å². The molecule has 0 saturated heterocycles. The molecule has 0 amide bonds. The van der Waals surface area contributed by atoms with Crippen LogP contribution in [0.1, 0.15) is 16.7 Å². The summed E-state index contributed by atoms with van der Waals surface area (Å²) in [5.41, 5.74) is 4.51. The van der Waals surface area contributed by atoms with Gasteiger partial charge in [-0.1, -0.05) is 87.0 Å². The van der Waals surface area contributed by atoms with Gasteiger partial charge in [-0.05, 0) is 70.3 Å². The van der Waals surface area contributed by atoms with Gasteiger partial charge in [-0.2, -0.15) is 0 Å². The molecule has 0 aliphatic rings. The van der Waals surface area contributed by atoms with E-state index in [0.717, 1.165) is 52.1 Å². The molecule has 0 heterocycles. The Kier molecular flexibility index (Phi) is 17.7. The van der Waals surface area contributed by atoms with E-state index in [-0.39, 0.29) is 26.8 Å². The summed E-state index contributed by atoms with van der Waals surface area (Å²) in [6, 6.07) is 28.4. The third-order valence-corrected chi connectivity index (χ3v) is 6.86. The number of esters is 5. The molecule has 4 rings (SSSR count). The van der Waals surface area contributed by atoms with Crippen molar-refractivity contribution in [1.82, 2.24) is 0 Å². The minimum atomic E-state index is -0.585. The molecule has 0 aliphatic carbocycles. The Hall–Kier alpha value is -7.47. The van der Waals surface area contributed by atoms with Gasteiger partial charge in [0.1, 0.15) is 30.5 Å². The van der Waals surface area contributed by atoms with Crippen molar-refractivity contribution in [2.75, 3.05) is 13.6 Å². The summed E-state index contributed by atoms with van der Waals surface area (Å²) in [5, 5.41) is 0. The van der Waals surface area contributed by atoms with Gasteiger partial charge in [0.25, 0.3) is 0 Å². The number of benzene rings is 4. The Morgan fingerprint density at radius 2 is 0.800 bits per heavy atom. The SMILES string of the molecule is C=CC(=O)OCOc1ccc(-c2ccc(COC(=O)C=C)cc2)cc1.C=CC(=O)OCOc1ccc(OC(=O)/C=C/c2ccc(COC(=O)C=C)cc2)cc1. The summed E-state index contributed by atoms with van der Waals surface area (Å²) >= 11 is 0. The molecule has 0 fully saturated rings. The highest BCUT2D eigenvalue weighted by Crippen LogP contribution is 2.23. The maximum Gasteiger partial charge on any atom is 0.336 e. The Morgan fingerprint density at radius 1 is 0.436 bits per heavy atom. The van der Waals surface area contributed by atoms with Crippen LogP contribution < -0.4 is 14.2 Å². The van der Waals surface area contributed by atoms with Gasteiger partial charge in [0.15, 0.2) is 0 Å². The van der Waals surface area contributed by atoms with Crippen LogP contribution in [0.5, 0.6) is 17.2 Å². The molecule has 0 radical (unpaired) electrons. The Bertz CT molecular complexity index is 1960. The summed E-state index contributed by atoms with van der Waals surface area (Å²) in [6.45, 7) is 13.2. The minimum Gasteiger partial charge on any atom is -0.458 e. The van der Waals surface area contributed by atoms with Crippen LogP contribution >= 0.6 is 0 Å². The lowest BCUT2D eigenvalue weighted by molar-refractivity contribution is -0.145. The smallest absolute Gasteiger partial charge is 0.336 e. The van der Waals surface area contributed by atoms with E-state index in [9.17, 15) is 24.0 Å². The third-order valence-electron chi connectivity index (χ3n) is 6.86. The largest absolute Gasteiger partial charge is 0.458 e. The van der Waals surface area contributed by atoms with Crippen molar-refractivity contribution in [3.63, 3.8) is 0 Å². The average molecular weight is 747 g/mol. The van der Waals surface area contributed by atoms with Crippen molar-refractivity contribution >= 4 is 35.9 Å². The quantitative estimate of drug-likeness (QED) is 0.0332. The number of ether oxygens (including phenoxy) is 7. The molecule has 4 aromatic rings. The van der Waals surface area contributed by atoms with Crippen LogP contribution in [-0.4, -0.2) is 43.4 Å². The summed E-state index contributed by atoms with van der Waals surface area (Å²) in [7, 11) is 0. The number of carbonyl (C=O) groups is 5. The molecule has 4 aromatic carbocycles. The zero-order valence-electron chi connectivity index (χ0n) is 29.8. The molecule has 0 atom stereocenters. The normalized spacial score (nSPS) is 9.96. The first-order chi connectivity index (χ1) is 26.6. The number of hydrogen-bond acceptors (Lipinski definition) is 12. The van der Waals surface area contributed by atoms with Crippen LogP contribution in [0.2, 0.25) is 0 Å². The first kappa shape index (κ1) is 41.9. The standard InChI is InChI=1S/C23H20O7.C20H18O5/c1-3-21(24)27-15-18-7-5-17(6-8-18)9-14-23(26)30-20-12-10-19(11-13-20)28-16-29-22(25)4-2;1-3-19(21)23-13-15-5-7-16(8-6-15)17-9-11-18(12-10-17)24-14-25-20(22)4-2/h3-14H,1-2,15-16H2;3-12H,1-2,13-14H2/b14-9+;. The monoisotopic (exact) mass is 746 g/mol. The van der Waals surface area contributed by atoms with E-state index in [1.54, 1.807) is 66.7 Å². The van der Waals surface area contributed by atoms with Crippen LogP contribution in [0, 0.1) is 0 Å². The zero-order valence-corrected chi connectivity index (χ0v) is 29.8. The first-order valence-corrected chi connectivity index (χ1v) is 16.3. The minimum absolute atomic E-state index is 0.146. The van der Waals surface area contributed by atoms with Gasteiger partial charge in [-0.25, -0.2) is 24.0 Å². The summed E-state index contributed by atoms with van der Waals surface area (Å²) < 4.78 is 35.1. The van der Waals surface area contributed by atoms with Crippen molar-refractivity contribution in [2.24, 2.45) is 0 Å². The molecule has 12 nitrogen and oxygen atoms in total. The van der Waals surface area contributed by atoms with E-state index in [4.69, 9.17) is 33.2 Å². The molecule has 0 aromatic heterocycles. The lowest BCUT2D eigenvalue weighted by atomic mass is 10.0. The molecule has 0 saturated carbocycles. The fraction of sp³-hybridized carbons (Fsp3) is 0.0930. The molecule has 0 aliphatic heterocycles. The maximum atomic E-state index is 12.0. The van der Waals surface area contributed by atoms with Gasteiger partial charge >= 0.3 is 29.8 Å². The van der Waals surface area contributed by atoms with Crippen molar-refractivity contribution in [3.05, 3.63) is 170 Å². The third kappa shape index (κ3) is 16.2. The predicted molar refractivity (Wildman–Crippen MR) is 203 cm³/mol. The Morgan fingerprint density at radius 3 is 1.24 bits per heavy atom. The molecule has 0 N–H and O–H groups in total. The lowest BCUT2D eigenvalue weighted by Gasteiger charge is -2.08. The van der Waals surface area contributed by atoms with Crippen LogP contribution in [0.25, 0.3) is 17.2 Å². The molecule has 282 valence electrons. The second kappa shape index (κ2) is 23.2. The molecule has 55 heavy (non-hydrogen) atoms. The maximum absolute atomic E-state index is 12.0. The van der Waals surface area contributed by atoms with Gasteiger partial charge in [-0.3, -0.25) is 0 Å². The first-order valence-electron chi connectivity index (χ1n) is 16.3. The highest BCUT2D eigenvalue weighted by Gasteiger charge is 2.05.